The monoisotopic (exact) mass is 453 g/mol. The predicted octanol–water partition coefficient (Wildman–Crippen LogP) is 2.62. The van der Waals surface area contributed by atoms with E-state index in [1.807, 2.05) is 53.4 Å². The Bertz CT molecular complexity index is 735. The van der Waals surface area contributed by atoms with E-state index in [0.29, 0.717) is 6.54 Å². The molecule has 132 valence electrons. The number of amides is 2. The van der Waals surface area contributed by atoms with Crippen molar-refractivity contribution in [2.75, 3.05) is 30.4 Å². The zero-order valence-corrected chi connectivity index (χ0v) is 16.0. The molecule has 3 N–H and O–H groups in total. The van der Waals surface area contributed by atoms with Crippen LogP contribution in [0.3, 0.4) is 0 Å². The Labute approximate surface area is 160 Å². The lowest BCUT2D eigenvalue weighted by atomic mass is 10.2. The van der Waals surface area contributed by atoms with Gasteiger partial charge in [0.25, 0.3) is 0 Å². The van der Waals surface area contributed by atoms with E-state index in [4.69, 9.17) is 10.5 Å². The van der Waals surface area contributed by atoms with Crippen molar-refractivity contribution in [2.24, 2.45) is 5.73 Å². The number of nitrogens with zero attached hydrogens (tertiary/aromatic N) is 1. The molecule has 0 saturated heterocycles. The van der Waals surface area contributed by atoms with E-state index in [9.17, 15) is 9.59 Å². The van der Waals surface area contributed by atoms with Gasteiger partial charge in [0.1, 0.15) is 5.75 Å². The van der Waals surface area contributed by atoms with Crippen LogP contribution in [0.4, 0.5) is 11.4 Å². The maximum Gasteiger partial charge on any atom is 0.243 e. The summed E-state index contributed by atoms with van der Waals surface area (Å²) in [4.78, 5) is 25.4. The molecule has 7 heteroatoms. The number of rotatable bonds is 8. The summed E-state index contributed by atoms with van der Waals surface area (Å²) in [5, 5.41) is 2.89. The number of carbonyl (C=O) groups excluding carboxylic acids is 2. The van der Waals surface area contributed by atoms with Gasteiger partial charge in [-0.05, 0) is 59.0 Å². The molecule has 0 fully saturated rings. The van der Waals surface area contributed by atoms with Crippen LogP contribution in [0.2, 0.25) is 0 Å². The van der Waals surface area contributed by atoms with E-state index >= 15 is 0 Å². The first-order valence-electron chi connectivity index (χ1n) is 7.71. The van der Waals surface area contributed by atoms with Crippen LogP contribution >= 0.6 is 22.6 Å². The topological polar surface area (TPSA) is 84.7 Å². The Hall–Kier alpha value is -2.29. The second-order valence-corrected chi connectivity index (χ2v) is 6.53. The first-order valence-corrected chi connectivity index (χ1v) is 8.79. The summed E-state index contributed by atoms with van der Waals surface area (Å²) in [6.45, 7) is 0.478. The van der Waals surface area contributed by atoms with Gasteiger partial charge in [0.05, 0.1) is 19.3 Å². The molecule has 0 spiro atoms. The van der Waals surface area contributed by atoms with Crippen LogP contribution in [0.1, 0.15) is 6.42 Å². The number of primary amides is 1. The third-order valence-corrected chi connectivity index (χ3v) is 4.49. The Morgan fingerprint density at radius 3 is 2.44 bits per heavy atom. The molecule has 0 saturated carbocycles. The summed E-state index contributed by atoms with van der Waals surface area (Å²) in [5.41, 5.74) is 6.83. The van der Waals surface area contributed by atoms with Crippen molar-refractivity contribution in [3.05, 3.63) is 52.1 Å². The number of para-hydroxylation sites is 1. The molecule has 0 bridgehead atoms. The van der Waals surface area contributed by atoms with E-state index in [0.717, 1.165) is 20.7 Å². The van der Waals surface area contributed by atoms with Crippen LogP contribution < -0.4 is 20.7 Å². The van der Waals surface area contributed by atoms with Gasteiger partial charge in [0.15, 0.2) is 0 Å². The minimum atomic E-state index is -0.406. The van der Waals surface area contributed by atoms with Gasteiger partial charge in [-0.15, -0.1) is 0 Å². The van der Waals surface area contributed by atoms with Crippen LogP contribution in [0.25, 0.3) is 0 Å². The molecule has 0 radical (unpaired) electrons. The van der Waals surface area contributed by atoms with Gasteiger partial charge in [-0.1, -0.05) is 12.1 Å². The van der Waals surface area contributed by atoms with E-state index in [1.54, 1.807) is 7.11 Å². The smallest absolute Gasteiger partial charge is 0.243 e. The van der Waals surface area contributed by atoms with Gasteiger partial charge < -0.3 is 20.7 Å². The Morgan fingerprint density at radius 2 is 1.84 bits per heavy atom. The van der Waals surface area contributed by atoms with Crippen molar-refractivity contribution in [1.82, 2.24) is 0 Å². The van der Waals surface area contributed by atoms with Crippen molar-refractivity contribution in [1.29, 1.82) is 0 Å². The summed E-state index contributed by atoms with van der Waals surface area (Å²) >= 11 is 2.17. The Kier molecular flexibility index (Phi) is 7.05. The average Bonchev–Trinajstić information content (AvgIpc) is 2.60. The minimum Gasteiger partial charge on any atom is -0.497 e. The lowest BCUT2D eigenvalue weighted by Crippen LogP contribution is -2.35. The molecule has 25 heavy (non-hydrogen) atoms. The van der Waals surface area contributed by atoms with Gasteiger partial charge in [0, 0.05) is 22.2 Å². The molecule has 0 heterocycles. The number of anilines is 2. The number of nitrogens with one attached hydrogen (secondary N) is 1. The standard InChI is InChI=1S/C18H20IN3O3/c1-25-14-8-6-13(7-9-14)22(11-10-17(20)23)12-18(24)21-16-5-3-2-4-15(16)19/h2-9H,10-12H2,1H3,(H2,20,23)(H,21,24). The van der Waals surface area contributed by atoms with E-state index < -0.39 is 5.91 Å². The minimum absolute atomic E-state index is 0.116. The molecule has 0 atom stereocenters. The van der Waals surface area contributed by atoms with Crippen LogP contribution in [0, 0.1) is 3.57 Å². The number of carbonyl (C=O) groups is 2. The zero-order valence-electron chi connectivity index (χ0n) is 13.9. The highest BCUT2D eigenvalue weighted by Gasteiger charge is 2.14. The first kappa shape index (κ1) is 19.0. The van der Waals surface area contributed by atoms with Crippen molar-refractivity contribution < 1.29 is 14.3 Å². The van der Waals surface area contributed by atoms with Crippen LogP contribution in [0.15, 0.2) is 48.5 Å². The summed E-state index contributed by atoms with van der Waals surface area (Å²) in [6.07, 6.45) is 0.169. The fraction of sp³-hybridized carbons (Fsp3) is 0.222. The highest BCUT2D eigenvalue weighted by atomic mass is 127. The molecular weight excluding hydrogens is 433 g/mol. The third kappa shape index (κ3) is 5.93. The Balaban J connectivity index is 2.10. The van der Waals surface area contributed by atoms with Crippen LogP contribution in [0.5, 0.6) is 5.75 Å². The Morgan fingerprint density at radius 1 is 1.16 bits per heavy atom. The molecule has 0 aromatic heterocycles. The molecule has 6 nitrogen and oxygen atoms in total. The third-order valence-electron chi connectivity index (χ3n) is 3.55. The van der Waals surface area contributed by atoms with Crippen LogP contribution in [-0.2, 0) is 9.59 Å². The number of nitrogens with two attached hydrogens (primary N) is 1. The van der Waals surface area contributed by atoms with Gasteiger partial charge >= 0.3 is 0 Å². The summed E-state index contributed by atoms with van der Waals surface area (Å²) in [7, 11) is 1.59. The number of hydrogen-bond acceptors (Lipinski definition) is 4. The maximum atomic E-state index is 12.4. The zero-order chi connectivity index (χ0) is 18.2. The predicted molar refractivity (Wildman–Crippen MR) is 107 cm³/mol. The molecule has 0 aliphatic heterocycles. The van der Waals surface area contributed by atoms with Gasteiger partial charge in [0.2, 0.25) is 11.8 Å². The summed E-state index contributed by atoms with van der Waals surface area (Å²) in [5.74, 6) is 0.155. The van der Waals surface area contributed by atoms with Crippen molar-refractivity contribution in [3.8, 4) is 5.75 Å². The highest BCUT2D eigenvalue weighted by Crippen LogP contribution is 2.20. The van der Waals surface area contributed by atoms with Crippen LogP contribution in [-0.4, -0.2) is 32.0 Å². The summed E-state index contributed by atoms with van der Waals surface area (Å²) < 4.78 is 6.11. The lowest BCUT2D eigenvalue weighted by Gasteiger charge is -2.24. The number of methoxy groups -OCH3 is 1. The molecule has 0 aliphatic carbocycles. The van der Waals surface area contributed by atoms with Crippen molar-refractivity contribution in [2.45, 2.75) is 6.42 Å². The molecule has 0 aliphatic rings. The van der Waals surface area contributed by atoms with Gasteiger partial charge in [-0.3, -0.25) is 9.59 Å². The molecule has 2 amide bonds. The van der Waals surface area contributed by atoms with Crippen molar-refractivity contribution >= 4 is 45.8 Å². The lowest BCUT2D eigenvalue weighted by molar-refractivity contribution is -0.118. The second-order valence-electron chi connectivity index (χ2n) is 5.36. The fourth-order valence-electron chi connectivity index (χ4n) is 2.26. The first-order chi connectivity index (χ1) is 12.0. The number of ether oxygens (including phenoxy) is 1. The highest BCUT2D eigenvalue weighted by molar-refractivity contribution is 14.1. The number of hydrogen-bond donors (Lipinski definition) is 2. The molecular formula is C18H20IN3O3. The SMILES string of the molecule is COc1ccc(N(CCC(N)=O)CC(=O)Nc2ccccc2I)cc1. The van der Waals surface area contributed by atoms with E-state index in [1.165, 1.54) is 0 Å². The van der Waals surface area contributed by atoms with Gasteiger partial charge in [-0.25, -0.2) is 0 Å². The average molecular weight is 453 g/mol. The quantitative estimate of drug-likeness (QED) is 0.602. The largest absolute Gasteiger partial charge is 0.497 e. The summed E-state index contributed by atoms with van der Waals surface area (Å²) in [6, 6.07) is 14.9. The fourth-order valence-corrected chi connectivity index (χ4v) is 2.79. The number of benzene rings is 2. The molecule has 0 unspecified atom stereocenters. The second kappa shape index (κ2) is 9.26. The normalized spacial score (nSPS) is 10.2. The van der Waals surface area contributed by atoms with Gasteiger partial charge in [-0.2, -0.15) is 0 Å². The van der Waals surface area contributed by atoms with E-state index in [2.05, 4.69) is 27.9 Å². The van der Waals surface area contributed by atoms with Crippen molar-refractivity contribution in [3.63, 3.8) is 0 Å². The van der Waals surface area contributed by atoms with E-state index in [-0.39, 0.29) is 18.9 Å². The maximum absolute atomic E-state index is 12.4. The molecule has 2 aromatic rings. The molecule has 2 rings (SSSR count). The molecule has 2 aromatic carbocycles. The number of halogens is 1.